The van der Waals surface area contributed by atoms with Gasteiger partial charge in [0, 0.05) is 18.0 Å². The quantitative estimate of drug-likeness (QED) is 0.726. The highest BCUT2D eigenvalue weighted by Gasteiger charge is 2.18. The number of hydrogen-bond acceptors (Lipinski definition) is 1. The van der Waals surface area contributed by atoms with Crippen molar-refractivity contribution < 1.29 is 0 Å². The van der Waals surface area contributed by atoms with Crippen LogP contribution in [-0.2, 0) is 0 Å². The van der Waals surface area contributed by atoms with Crippen LogP contribution in [0, 0.1) is 0 Å². The van der Waals surface area contributed by atoms with Gasteiger partial charge in [0.1, 0.15) is 0 Å². The predicted molar refractivity (Wildman–Crippen MR) is 94.7 cm³/mol. The Labute approximate surface area is 127 Å². The number of para-hydroxylation sites is 1. The summed E-state index contributed by atoms with van der Waals surface area (Å²) in [6.07, 6.45) is 0. The van der Waals surface area contributed by atoms with Crippen LogP contribution >= 0.6 is 7.92 Å². The Kier molecular flexibility index (Phi) is 4.33. The van der Waals surface area contributed by atoms with E-state index in [2.05, 4.69) is 90.2 Å². The van der Waals surface area contributed by atoms with Gasteiger partial charge in [0.2, 0.25) is 0 Å². The van der Waals surface area contributed by atoms with Crippen molar-refractivity contribution in [3.05, 3.63) is 84.9 Å². The third-order valence-electron chi connectivity index (χ3n) is 3.44. The smallest absolute Gasteiger partial charge is 0.0422 e. The largest absolute Gasteiger partial charge is 0.388 e. The molecule has 0 radical (unpaired) electrons. The predicted octanol–water partition coefficient (Wildman–Crippen LogP) is 3.49. The molecule has 0 aromatic heterocycles. The van der Waals surface area contributed by atoms with E-state index in [1.165, 1.54) is 21.6 Å². The topological polar surface area (TPSA) is 12.0 Å². The lowest BCUT2D eigenvalue weighted by Crippen LogP contribution is -2.22. The standard InChI is InChI=1S/C19H18NP/c1-20-18-14-8-9-15-19(18)21(16-10-4-2-5-11-16)17-12-6-3-7-13-17/h2-15,20H,1H3. The molecule has 3 aromatic rings. The maximum Gasteiger partial charge on any atom is 0.0422 e. The molecule has 0 spiro atoms. The van der Waals surface area contributed by atoms with Crippen LogP contribution in [0.25, 0.3) is 0 Å². The lowest BCUT2D eigenvalue weighted by atomic mass is 10.3. The van der Waals surface area contributed by atoms with Crippen LogP contribution in [0.4, 0.5) is 5.69 Å². The van der Waals surface area contributed by atoms with E-state index in [1.807, 2.05) is 7.05 Å². The summed E-state index contributed by atoms with van der Waals surface area (Å²) in [5, 5.41) is 7.45. The van der Waals surface area contributed by atoms with Gasteiger partial charge in [-0.25, -0.2) is 0 Å². The fourth-order valence-electron chi connectivity index (χ4n) is 2.46. The minimum absolute atomic E-state index is 0.535. The Morgan fingerprint density at radius 1 is 0.619 bits per heavy atom. The highest BCUT2D eigenvalue weighted by Crippen LogP contribution is 2.35. The summed E-state index contributed by atoms with van der Waals surface area (Å²) in [6.45, 7) is 0. The van der Waals surface area contributed by atoms with Gasteiger partial charge in [0.05, 0.1) is 0 Å². The molecule has 0 fully saturated rings. The van der Waals surface area contributed by atoms with Crippen LogP contribution in [0.5, 0.6) is 0 Å². The molecule has 0 bridgehead atoms. The first kappa shape index (κ1) is 13.9. The fourth-order valence-corrected chi connectivity index (χ4v) is 4.92. The second-order valence-corrected chi connectivity index (χ2v) is 6.96. The van der Waals surface area contributed by atoms with Gasteiger partial charge in [0.25, 0.3) is 0 Å². The molecule has 3 rings (SSSR count). The highest BCUT2D eigenvalue weighted by molar-refractivity contribution is 7.80. The summed E-state index contributed by atoms with van der Waals surface area (Å²) < 4.78 is 0. The third kappa shape index (κ3) is 2.99. The van der Waals surface area contributed by atoms with Crippen LogP contribution in [0.3, 0.4) is 0 Å². The molecule has 0 unspecified atom stereocenters. The zero-order valence-electron chi connectivity index (χ0n) is 12.0. The van der Waals surface area contributed by atoms with Crippen LogP contribution in [0.2, 0.25) is 0 Å². The number of rotatable bonds is 4. The summed E-state index contributed by atoms with van der Waals surface area (Å²) >= 11 is 0. The van der Waals surface area contributed by atoms with E-state index >= 15 is 0 Å². The first-order valence-corrected chi connectivity index (χ1v) is 8.41. The zero-order valence-corrected chi connectivity index (χ0v) is 12.9. The van der Waals surface area contributed by atoms with Crippen molar-refractivity contribution in [2.45, 2.75) is 0 Å². The van der Waals surface area contributed by atoms with E-state index in [1.54, 1.807) is 0 Å². The van der Waals surface area contributed by atoms with E-state index in [0.29, 0.717) is 0 Å². The zero-order chi connectivity index (χ0) is 14.5. The van der Waals surface area contributed by atoms with Crippen molar-refractivity contribution in [3.63, 3.8) is 0 Å². The maximum absolute atomic E-state index is 3.33. The van der Waals surface area contributed by atoms with Gasteiger partial charge in [-0.15, -0.1) is 0 Å². The number of anilines is 1. The number of hydrogen-bond donors (Lipinski definition) is 1. The van der Waals surface area contributed by atoms with Crippen LogP contribution in [0.15, 0.2) is 84.9 Å². The van der Waals surface area contributed by atoms with Gasteiger partial charge < -0.3 is 5.32 Å². The normalized spacial score (nSPS) is 10.6. The van der Waals surface area contributed by atoms with E-state index in [9.17, 15) is 0 Å². The summed E-state index contributed by atoms with van der Waals surface area (Å²) in [6, 6.07) is 30.1. The lowest BCUT2D eigenvalue weighted by Gasteiger charge is -2.21. The van der Waals surface area contributed by atoms with E-state index < -0.39 is 7.92 Å². The molecule has 0 heterocycles. The number of nitrogens with one attached hydrogen (secondary N) is 1. The third-order valence-corrected chi connectivity index (χ3v) is 5.94. The Hall–Kier alpha value is -2.11. The second-order valence-electron chi connectivity index (χ2n) is 4.77. The van der Waals surface area contributed by atoms with E-state index in [-0.39, 0.29) is 0 Å². The van der Waals surface area contributed by atoms with E-state index in [0.717, 1.165) is 0 Å². The first-order chi connectivity index (χ1) is 10.4. The molecule has 0 aliphatic rings. The van der Waals surface area contributed by atoms with Crippen LogP contribution in [-0.4, -0.2) is 7.05 Å². The molecule has 21 heavy (non-hydrogen) atoms. The first-order valence-electron chi connectivity index (χ1n) is 7.07. The van der Waals surface area contributed by atoms with Gasteiger partial charge in [-0.3, -0.25) is 0 Å². The molecule has 1 nitrogen and oxygen atoms in total. The van der Waals surface area contributed by atoms with E-state index in [4.69, 9.17) is 0 Å². The van der Waals surface area contributed by atoms with Crippen LogP contribution < -0.4 is 21.2 Å². The Balaban J connectivity index is 2.17. The summed E-state index contributed by atoms with van der Waals surface area (Å²) in [4.78, 5) is 0. The van der Waals surface area contributed by atoms with Gasteiger partial charge in [-0.05, 0) is 24.6 Å². The molecule has 0 aliphatic heterocycles. The maximum atomic E-state index is 3.33. The summed E-state index contributed by atoms with van der Waals surface area (Å²) in [5.41, 5.74) is 1.20. The molecule has 0 saturated carbocycles. The number of benzene rings is 3. The molecule has 1 N–H and O–H groups in total. The minimum atomic E-state index is -0.535. The van der Waals surface area contributed by atoms with Crippen molar-refractivity contribution in [1.29, 1.82) is 0 Å². The average molecular weight is 291 g/mol. The molecule has 0 saturated heterocycles. The monoisotopic (exact) mass is 291 g/mol. The molecule has 0 amide bonds. The van der Waals surface area contributed by atoms with Crippen molar-refractivity contribution in [3.8, 4) is 0 Å². The molecule has 2 heteroatoms. The molecule has 104 valence electrons. The van der Waals surface area contributed by atoms with Crippen molar-refractivity contribution in [1.82, 2.24) is 0 Å². The fraction of sp³-hybridized carbons (Fsp3) is 0.0526. The molecule has 3 aromatic carbocycles. The molecule has 0 aliphatic carbocycles. The van der Waals surface area contributed by atoms with Crippen molar-refractivity contribution in [2.75, 3.05) is 12.4 Å². The molecule has 0 atom stereocenters. The van der Waals surface area contributed by atoms with Gasteiger partial charge in [0.15, 0.2) is 0 Å². The Bertz CT molecular complexity index is 656. The van der Waals surface area contributed by atoms with Crippen LogP contribution in [0.1, 0.15) is 0 Å². The summed E-state index contributed by atoms with van der Waals surface area (Å²) in [7, 11) is 1.45. The average Bonchev–Trinajstić information content (AvgIpc) is 2.58. The summed E-state index contributed by atoms with van der Waals surface area (Å²) in [5.74, 6) is 0. The molecular weight excluding hydrogens is 273 g/mol. The SMILES string of the molecule is CNc1ccccc1P(c1ccccc1)c1ccccc1. The Morgan fingerprint density at radius 2 is 1.10 bits per heavy atom. The van der Waals surface area contributed by atoms with Gasteiger partial charge in [-0.2, -0.15) is 0 Å². The molecular formula is C19H18NP. The minimum Gasteiger partial charge on any atom is -0.388 e. The van der Waals surface area contributed by atoms with Crippen molar-refractivity contribution in [2.24, 2.45) is 0 Å². The Morgan fingerprint density at radius 3 is 1.62 bits per heavy atom. The lowest BCUT2D eigenvalue weighted by molar-refractivity contribution is 1.54. The van der Waals surface area contributed by atoms with Crippen molar-refractivity contribution >= 4 is 29.5 Å². The highest BCUT2D eigenvalue weighted by atomic mass is 31.1. The van der Waals surface area contributed by atoms with Gasteiger partial charge in [-0.1, -0.05) is 78.9 Å². The second kappa shape index (κ2) is 6.56. The van der Waals surface area contributed by atoms with Gasteiger partial charge >= 0.3 is 0 Å².